The van der Waals surface area contributed by atoms with Crippen LogP contribution in [0, 0.1) is 0 Å². The molecule has 1 amide bonds. The van der Waals surface area contributed by atoms with Gasteiger partial charge in [-0.1, -0.05) is 12.1 Å². The van der Waals surface area contributed by atoms with E-state index in [-0.39, 0.29) is 5.91 Å². The highest BCUT2D eigenvalue weighted by molar-refractivity contribution is 5.96. The molecule has 0 aliphatic carbocycles. The number of imidazole rings is 1. The summed E-state index contributed by atoms with van der Waals surface area (Å²) in [5, 5.41) is 10.9. The smallest absolute Gasteiger partial charge is 0.251 e. The highest BCUT2D eigenvalue weighted by atomic mass is 16.5. The summed E-state index contributed by atoms with van der Waals surface area (Å²) in [5.74, 6) is 0.543. The monoisotopic (exact) mass is 391 g/mol. The second-order valence-corrected chi connectivity index (χ2v) is 6.53. The Morgan fingerprint density at radius 2 is 2.10 bits per heavy atom. The molecule has 29 heavy (non-hydrogen) atoms. The highest BCUT2D eigenvalue weighted by Gasteiger charge is 2.11. The molecule has 9 heteroatoms. The Bertz CT molecular complexity index is 1100. The molecule has 0 atom stereocenters. The van der Waals surface area contributed by atoms with Gasteiger partial charge in [-0.25, -0.2) is 4.98 Å². The zero-order valence-corrected chi connectivity index (χ0v) is 16.0. The highest BCUT2D eigenvalue weighted by Crippen LogP contribution is 2.25. The average Bonchev–Trinajstić information content (AvgIpc) is 3.41. The van der Waals surface area contributed by atoms with Crippen LogP contribution in [0.3, 0.4) is 0 Å². The first-order valence-corrected chi connectivity index (χ1v) is 9.27. The van der Waals surface area contributed by atoms with E-state index >= 15 is 0 Å². The van der Waals surface area contributed by atoms with Crippen molar-refractivity contribution >= 4 is 16.9 Å². The molecule has 0 unspecified atom stereocenters. The summed E-state index contributed by atoms with van der Waals surface area (Å²) < 4.78 is 6.98. The van der Waals surface area contributed by atoms with Crippen LogP contribution in [0.25, 0.3) is 22.2 Å². The molecule has 4 aromatic rings. The minimum absolute atomic E-state index is 0.168. The third-order valence-electron chi connectivity index (χ3n) is 4.64. The standard InChI is InChI=1S/C20H21N7O2/c1-29-8-2-7-27-13-25-26-18(27)11-22-20(28)15-5-3-14(4-6-15)16-9-21-10-17-19(16)24-12-23-17/h3-6,9-10,12-13H,2,7-8,11H2,1H3,(H,22,28)(H,23,24). The summed E-state index contributed by atoms with van der Waals surface area (Å²) in [6.07, 6.45) is 7.67. The van der Waals surface area contributed by atoms with Crippen molar-refractivity contribution in [2.75, 3.05) is 13.7 Å². The Kier molecular flexibility index (Phi) is 5.57. The Labute approximate surface area is 167 Å². The molecule has 0 aliphatic heterocycles. The van der Waals surface area contributed by atoms with E-state index in [1.807, 2.05) is 16.7 Å². The number of carbonyl (C=O) groups is 1. The molecule has 0 saturated heterocycles. The van der Waals surface area contributed by atoms with Gasteiger partial charge in [0.25, 0.3) is 5.91 Å². The number of benzene rings is 1. The molecule has 3 heterocycles. The van der Waals surface area contributed by atoms with Crippen LogP contribution in [0.4, 0.5) is 0 Å². The summed E-state index contributed by atoms with van der Waals surface area (Å²) in [6.45, 7) is 1.72. The van der Waals surface area contributed by atoms with Crippen LogP contribution in [0.2, 0.25) is 0 Å². The first-order chi connectivity index (χ1) is 14.3. The number of fused-ring (bicyclic) bond motifs is 1. The number of rotatable bonds is 8. The second kappa shape index (κ2) is 8.61. The molecule has 1 aromatic carbocycles. The number of ether oxygens (including phenoxy) is 1. The fourth-order valence-corrected chi connectivity index (χ4v) is 3.12. The molecule has 0 fully saturated rings. The van der Waals surface area contributed by atoms with E-state index in [0.29, 0.717) is 24.5 Å². The Morgan fingerprint density at radius 3 is 2.93 bits per heavy atom. The van der Waals surface area contributed by atoms with Crippen LogP contribution in [-0.4, -0.2) is 49.3 Å². The van der Waals surface area contributed by atoms with Gasteiger partial charge in [0.2, 0.25) is 0 Å². The topological polar surface area (TPSA) is 111 Å². The quantitative estimate of drug-likeness (QED) is 0.446. The maximum atomic E-state index is 12.5. The summed E-state index contributed by atoms with van der Waals surface area (Å²) in [4.78, 5) is 24.2. The van der Waals surface area contributed by atoms with E-state index in [1.165, 1.54) is 0 Å². The molecular weight excluding hydrogens is 370 g/mol. The lowest BCUT2D eigenvalue weighted by Gasteiger charge is -2.08. The molecule has 0 bridgehead atoms. The van der Waals surface area contributed by atoms with Crippen LogP contribution in [-0.2, 0) is 17.8 Å². The van der Waals surface area contributed by atoms with E-state index in [2.05, 4.69) is 30.5 Å². The Hall–Kier alpha value is -3.59. The Morgan fingerprint density at radius 1 is 1.24 bits per heavy atom. The fourth-order valence-electron chi connectivity index (χ4n) is 3.12. The first kappa shape index (κ1) is 18.8. The number of hydrogen-bond acceptors (Lipinski definition) is 6. The average molecular weight is 391 g/mol. The number of carbonyl (C=O) groups excluding carboxylic acids is 1. The number of H-pyrrole nitrogens is 1. The second-order valence-electron chi connectivity index (χ2n) is 6.53. The normalized spacial score (nSPS) is 11.1. The molecule has 0 aliphatic rings. The van der Waals surface area contributed by atoms with Crippen LogP contribution in [0.5, 0.6) is 0 Å². The van der Waals surface area contributed by atoms with Crippen molar-refractivity contribution in [2.45, 2.75) is 19.5 Å². The SMILES string of the molecule is COCCCn1cnnc1CNC(=O)c1ccc(-c2cncc3[nH]cnc23)cc1. The number of nitrogens with zero attached hydrogens (tertiary/aromatic N) is 5. The van der Waals surface area contributed by atoms with Crippen molar-refractivity contribution in [3.8, 4) is 11.1 Å². The maximum absolute atomic E-state index is 12.5. The number of methoxy groups -OCH3 is 1. The minimum Gasteiger partial charge on any atom is -0.385 e. The maximum Gasteiger partial charge on any atom is 0.251 e. The predicted molar refractivity (Wildman–Crippen MR) is 107 cm³/mol. The lowest BCUT2D eigenvalue weighted by molar-refractivity contribution is 0.0949. The molecule has 0 spiro atoms. The van der Waals surface area contributed by atoms with E-state index in [0.717, 1.165) is 35.1 Å². The van der Waals surface area contributed by atoms with Gasteiger partial charge in [-0.2, -0.15) is 0 Å². The zero-order chi connectivity index (χ0) is 20.1. The summed E-state index contributed by atoms with van der Waals surface area (Å²) >= 11 is 0. The zero-order valence-electron chi connectivity index (χ0n) is 16.0. The number of aryl methyl sites for hydroxylation is 1. The van der Waals surface area contributed by atoms with Crippen molar-refractivity contribution in [2.24, 2.45) is 0 Å². The molecule has 0 radical (unpaired) electrons. The number of amides is 1. The van der Waals surface area contributed by atoms with Crippen molar-refractivity contribution in [3.63, 3.8) is 0 Å². The van der Waals surface area contributed by atoms with Crippen LogP contribution in [0.1, 0.15) is 22.6 Å². The lowest BCUT2D eigenvalue weighted by Crippen LogP contribution is -2.24. The van der Waals surface area contributed by atoms with Gasteiger partial charge in [0.05, 0.1) is 30.1 Å². The van der Waals surface area contributed by atoms with Gasteiger partial charge in [-0.15, -0.1) is 10.2 Å². The van der Waals surface area contributed by atoms with Gasteiger partial charge in [-0.05, 0) is 24.1 Å². The Balaban J connectivity index is 1.41. The predicted octanol–water partition coefficient (Wildman–Crippen LogP) is 2.18. The van der Waals surface area contributed by atoms with Crippen molar-refractivity contribution in [1.29, 1.82) is 0 Å². The van der Waals surface area contributed by atoms with Crippen LogP contribution < -0.4 is 5.32 Å². The van der Waals surface area contributed by atoms with E-state index in [9.17, 15) is 4.79 Å². The molecule has 2 N–H and O–H groups in total. The number of aromatic nitrogens is 6. The van der Waals surface area contributed by atoms with E-state index in [4.69, 9.17) is 4.74 Å². The van der Waals surface area contributed by atoms with Crippen LogP contribution >= 0.6 is 0 Å². The van der Waals surface area contributed by atoms with Gasteiger partial charge < -0.3 is 19.6 Å². The molecule has 4 rings (SSSR count). The minimum atomic E-state index is -0.168. The number of nitrogens with one attached hydrogen (secondary N) is 2. The molecule has 148 valence electrons. The van der Waals surface area contributed by atoms with E-state index < -0.39 is 0 Å². The van der Waals surface area contributed by atoms with Gasteiger partial charge >= 0.3 is 0 Å². The van der Waals surface area contributed by atoms with Crippen LogP contribution in [0.15, 0.2) is 49.3 Å². The van der Waals surface area contributed by atoms with E-state index in [1.54, 1.807) is 44.3 Å². The number of pyridine rings is 1. The van der Waals surface area contributed by atoms with Gasteiger partial charge in [-0.3, -0.25) is 9.78 Å². The first-order valence-electron chi connectivity index (χ1n) is 9.27. The summed E-state index contributed by atoms with van der Waals surface area (Å²) in [6, 6.07) is 7.37. The van der Waals surface area contributed by atoms with Gasteiger partial charge in [0.15, 0.2) is 5.82 Å². The van der Waals surface area contributed by atoms with Crippen molar-refractivity contribution < 1.29 is 9.53 Å². The van der Waals surface area contributed by atoms with Gasteiger partial charge in [0.1, 0.15) is 6.33 Å². The lowest BCUT2D eigenvalue weighted by atomic mass is 10.0. The third-order valence-corrected chi connectivity index (χ3v) is 4.64. The number of hydrogen-bond donors (Lipinski definition) is 2. The summed E-state index contributed by atoms with van der Waals surface area (Å²) in [7, 11) is 1.67. The van der Waals surface area contributed by atoms with Crippen molar-refractivity contribution in [3.05, 3.63) is 60.7 Å². The summed E-state index contributed by atoms with van der Waals surface area (Å²) in [5.41, 5.74) is 4.16. The fraction of sp³-hybridized carbons (Fsp3) is 0.250. The third kappa shape index (κ3) is 4.14. The molecular formula is C20H21N7O2. The number of aromatic amines is 1. The van der Waals surface area contributed by atoms with Crippen molar-refractivity contribution in [1.82, 2.24) is 35.0 Å². The van der Waals surface area contributed by atoms with Gasteiger partial charge in [0, 0.05) is 37.6 Å². The molecule has 3 aromatic heterocycles. The largest absolute Gasteiger partial charge is 0.385 e. The molecule has 0 saturated carbocycles. The molecule has 9 nitrogen and oxygen atoms in total.